The van der Waals surface area contributed by atoms with Gasteiger partial charge in [-0.3, -0.25) is 14.9 Å². The SMILES string of the molecule is CC(C)(C)NC(=O)Nc1ccn(CCN2CCOCC2)n1. The molecule has 0 atom stereocenters. The van der Waals surface area contributed by atoms with Gasteiger partial charge in [0.05, 0.1) is 19.8 Å². The molecule has 7 nitrogen and oxygen atoms in total. The van der Waals surface area contributed by atoms with Crippen molar-refractivity contribution in [1.29, 1.82) is 0 Å². The zero-order chi connectivity index (χ0) is 15.3. The van der Waals surface area contributed by atoms with Crippen LogP contribution in [-0.2, 0) is 11.3 Å². The van der Waals surface area contributed by atoms with E-state index < -0.39 is 0 Å². The Morgan fingerprint density at radius 3 is 2.71 bits per heavy atom. The van der Waals surface area contributed by atoms with Crippen LogP contribution in [-0.4, -0.2) is 59.1 Å². The molecule has 118 valence electrons. The van der Waals surface area contributed by atoms with E-state index in [0.29, 0.717) is 5.82 Å². The van der Waals surface area contributed by atoms with Crippen molar-refractivity contribution in [2.75, 3.05) is 38.2 Å². The summed E-state index contributed by atoms with van der Waals surface area (Å²) in [7, 11) is 0. The molecule has 2 rings (SSSR count). The molecule has 2 N–H and O–H groups in total. The minimum atomic E-state index is -0.261. The molecule has 2 heterocycles. The Bertz CT molecular complexity index is 460. The molecule has 21 heavy (non-hydrogen) atoms. The summed E-state index contributed by atoms with van der Waals surface area (Å²) in [6, 6.07) is 1.57. The van der Waals surface area contributed by atoms with Crippen molar-refractivity contribution in [1.82, 2.24) is 20.0 Å². The summed E-state index contributed by atoms with van der Waals surface area (Å²) in [5, 5.41) is 9.93. The first-order valence-corrected chi connectivity index (χ1v) is 7.35. The zero-order valence-corrected chi connectivity index (χ0v) is 13.1. The number of rotatable bonds is 4. The Hall–Kier alpha value is -1.60. The highest BCUT2D eigenvalue weighted by molar-refractivity contribution is 5.88. The van der Waals surface area contributed by atoms with Gasteiger partial charge in [-0.05, 0) is 20.8 Å². The van der Waals surface area contributed by atoms with Crippen molar-refractivity contribution >= 4 is 11.8 Å². The number of carbonyl (C=O) groups is 1. The van der Waals surface area contributed by atoms with Gasteiger partial charge in [-0.25, -0.2) is 4.79 Å². The normalized spacial score (nSPS) is 16.7. The Morgan fingerprint density at radius 1 is 1.33 bits per heavy atom. The van der Waals surface area contributed by atoms with Gasteiger partial charge in [0.2, 0.25) is 0 Å². The second-order valence-corrected chi connectivity index (χ2v) is 6.25. The molecule has 0 radical (unpaired) electrons. The lowest BCUT2D eigenvalue weighted by Gasteiger charge is -2.26. The molecular weight excluding hydrogens is 270 g/mol. The lowest BCUT2D eigenvalue weighted by atomic mass is 10.1. The Labute approximate surface area is 125 Å². The van der Waals surface area contributed by atoms with Crippen molar-refractivity contribution in [3.05, 3.63) is 12.3 Å². The summed E-state index contributed by atoms with van der Waals surface area (Å²) in [6.45, 7) is 11.1. The smallest absolute Gasteiger partial charge is 0.320 e. The second-order valence-electron chi connectivity index (χ2n) is 6.25. The van der Waals surface area contributed by atoms with Crippen LogP contribution < -0.4 is 10.6 Å². The lowest BCUT2D eigenvalue weighted by Crippen LogP contribution is -2.43. The fourth-order valence-electron chi connectivity index (χ4n) is 2.11. The summed E-state index contributed by atoms with van der Waals surface area (Å²) in [4.78, 5) is 14.1. The van der Waals surface area contributed by atoms with E-state index in [1.54, 1.807) is 0 Å². The Balaban J connectivity index is 1.77. The summed E-state index contributed by atoms with van der Waals surface area (Å²) in [5.74, 6) is 0.568. The van der Waals surface area contributed by atoms with Crippen molar-refractivity contribution in [2.45, 2.75) is 32.9 Å². The number of aromatic nitrogens is 2. The third kappa shape index (κ3) is 5.73. The number of anilines is 1. The lowest BCUT2D eigenvalue weighted by molar-refractivity contribution is 0.0360. The number of amides is 2. The molecule has 7 heteroatoms. The average molecular weight is 295 g/mol. The first-order chi connectivity index (χ1) is 9.92. The Kier molecular flexibility index (Phi) is 5.19. The second kappa shape index (κ2) is 6.91. The van der Waals surface area contributed by atoms with Gasteiger partial charge >= 0.3 is 6.03 Å². The van der Waals surface area contributed by atoms with Crippen molar-refractivity contribution < 1.29 is 9.53 Å². The van der Waals surface area contributed by atoms with E-state index in [2.05, 4.69) is 20.6 Å². The van der Waals surface area contributed by atoms with Crippen molar-refractivity contribution in [2.24, 2.45) is 0 Å². The molecule has 0 spiro atoms. The molecule has 1 aromatic heterocycles. The van der Waals surface area contributed by atoms with Crippen molar-refractivity contribution in [3.63, 3.8) is 0 Å². The average Bonchev–Trinajstić information content (AvgIpc) is 2.83. The third-order valence-electron chi connectivity index (χ3n) is 3.12. The fraction of sp³-hybridized carbons (Fsp3) is 0.714. The van der Waals surface area contributed by atoms with E-state index in [-0.39, 0.29) is 11.6 Å². The van der Waals surface area contributed by atoms with Gasteiger partial charge in [0, 0.05) is 37.4 Å². The summed E-state index contributed by atoms with van der Waals surface area (Å²) >= 11 is 0. The van der Waals surface area contributed by atoms with Crippen LogP contribution >= 0.6 is 0 Å². The van der Waals surface area contributed by atoms with Crippen LogP contribution in [0.2, 0.25) is 0 Å². The molecule has 1 fully saturated rings. The van der Waals surface area contributed by atoms with Crippen molar-refractivity contribution in [3.8, 4) is 0 Å². The third-order valence-corrected chi connectivity index (χ3v) is 3.12. The largest absolute Gasteiger partial charge is 0.379 e. The molecule has 0 aliphatic carbocycles. The van der Waals surface area contributed by atoms with Crippen LogP contribution in [0.4, 0.5) is 10.6 Å². The maximum absolute atomic E-state index is 11.7. The number of carbonyl (C=O) groups excluding carboxylic acids is 1. The van der Waals surface area contributed by atoms with Gasteiger partial charge in [0.1, 0.15) is 0 Å². The molecule has 0 unspecified atom stereocenters. The summed E-state index contributed by atoms with van der Waals surface area (Å²) < 4.78 is 7.17. The van der Waals surface area contributed by atoms with Gasteiger partial charge in [-0.2, -0.15) is 5.10 Å². The van der Waals surface area contributed by atoms with E-state index in [9.17, 15) is 4.79 Å². The van der Waals surface area contributed by atoms with Crippen LogP contribution in [0.15, 0.2) is 12.3 Å². The molecular formula is C14H25N5O2. The predicted octanol–water partition coefficient (Wildman–Crippen LogP) is 1.14. The molecule has 0 aromatic carbocycles. The van der Waals surface area contributed by atoms with Gasteiger partial charge in [0.15, 0.2) is 5.82 Å². The monoisotopic (exact) mass is 295 g/mol. The van der Waals surface area contributed by atoms with Crippen LogP contribution in [0.5, 0.6) is 0 Å². The van der Waals surface area contributed by atoms with E-state index in [0.717, 1.165) is 39.4 Å². The van der Waals surface area contributed by atoms with Gasteiger partial charge < -0.3 is 10.1 Å². The minimum absolute atomic E-state index is 0.235. The fourth-order valence-corrected chi connectivity index (χ4v) is 2.11. The van der Waals surface area contributed by atoms with Crippen LogP contribution in [0.25, 0.3) is 0 Å². The number of urea groups is 1. The first-order valence-electron chi connectivity index (χ1n) is 7.35. The minimum Gasteiger partial charge on any atom is -0.379 e. The molecule has 0 bridgehead atoms. The molecule has 1 saturated heterocycles. The first kappa shape index (κ1) is 15.8. The number of ether oxygens (including phenoxy) is 1. The highest BCUT2D eigenvalue weighted by atomic mass is 16.5. The van der Waals surface area contributed by atoms with Crippen LogP contribution in [0.3, 0.4) is 0 Å². The zero-order valence-electron chi connectivity index (χ0n) is 13.1. The van der Waals surface area contributed by atoms with Crippen LogP contribution in [0, 0.1) is 0 Å². The summed E-state index contributed by atoms with van der Waals surface area (Å²) in [5.41, 5.74) is -0.261. The Morgan fingerprint density at radius 2 is 2.05 bits per heavy atom. The quantitative estimate of drug-likeness (QED) is 0.873. The standard InChI is InChI=1S/C14H25N5O2/c1-14(2,3)16-13(20)15-12-4-5-19(17-12)7-6-18-8-10-21-11-9-18/h4-5H,6-11H2,1-3H3,(H2,15,16,17,20). The topological polar surface area (TPSA) is 71.4 Å². The molecule has 2 amide bonds. The maximum Gasteiger partial charge on any atom is 0.320 e. The predicted molar refractivity (Wildman–Crippen MR) is 81.4 cm³/mol. The van der Waals surface area contributed by atoms with E-state index in [1.807, 2.05) is 37.7 Å². The van der Waals surface area contributed by atoms with Gasteiger partial charge in [-0.1, -0.05) is 0 Å². The highest BCUT2D eigenvalue weighted by Gasteiger charge is 2.14. The number of nitrogens with zero attached hydrogens (tertiary/aromatic N) is 3. The van der Waals surface area contributed by atoms with E-state index >= 15 is 0 Å². The maximum atomic E-state index is 11.7. The van der Waals surface area contributed by atoms with Gasteiger partial charge in [-0.15, -0.1) is 0 Å². The van der Waals surface area contributed by atoms with E-state index in [1.165, 1.54) is 0 Å². The number of hydrogen-bond acceptors (Lipinski definition) is 4. The van der Waals surface area contributed by atoms with Crippen LogP contribution in [0.1, 0.15) is 20.8 Å². The molecule has 0 saturated carbocycles. The number of nitrogens with one attached hydrogen (secondary N) is 2. The molecule has 1 aromatic rings. The summed E-state index contributed by atoms with van der Waals surface area (Å²) in [6.07, 6.45) is 1.88. The molecule has 1 aliphatic heterocycles. The molecule has 1 aliphatic rings. The van der Waals surface area contributed by atoms with E-state index in [4.69, 9.17) is 4.74 Å². The van der Waals surface area contributed by atoms with Gasteiger partial charge in [0.25, 0.3) is 0 Å². The number of morpholine rings is 1. The highest BCUT2D eigenvalue weighted by Crippen LogP contribution is 2.05. The number of hydrogen-bond donors (Lipinski definition) is 2.